The van der Waals surface area contributed by atoms with Gasteiger partial charge < -0.3 is 10.5 Å². The van der Waals surface area contributed by atoms with Crippen molar-refractivity contribution in [1.82, 2.24) is 0 Å². The quantitative estimate of drug-likeness (QED) is 0.923. The van der Waals surface area contributed by atoms with Crippen molar-refractivity contribution in [2.45, 2.75) is 20.1 Å². The molecule has 2 nitrogen and oxygen atoms in total. The molecule has 0 saturated carbocycles. The maximum absolute atomic E-state index is 13.1. The third-order valence-corrected chi connectivity index (χ3v) is 3.34. The Labute approximate surface area is 117 Å². The molecule has 0 fully saturated rings. The number of halogens is 2. The van der Waals surface area contributed by atoms with Crippen LogP contribution in [0.5, 0.6) is 5.75 Å². The number of benzene rings is 2. The summed E-state index contributed by atoms with van der Waals surface area (Å²) in [5, 5.41) is 0.705. The van der Waals surface area contributed by atoms with E-state index in [2.05, 4.69) is 0 Å². The first kappa shape index (κ1) is 13.8. The smallest absolute Gasteiger partial charge is 0.123 e. The molecule has 0 saturated heterocycles. The van der Waals surface area contributed by atoms with Gasteiger partial charge in [0.1, 0.15) is 18.2 Å². The molecule has 2 aromatic rings. The number of ether oxygens (including phenoxy) is 1. The first-order valence-electron chi connectivity index (χ1n) is 5.96. The minimum Gasteiger partial charge on any atom is -0.489 e. The van der Waals surface area contributed by atoms with Crippen LogP contribution < -0.4 is 10.5 Å². The lowest BCUT2D eigenvalue weighted by molar-refractivity contribution is 0.304. The summed E-state index contributed by atoms with van der Waals surface area (Å²) >= 11 is 5.95. The topological polar surface area (TPSA) is 35.2 Å². The lowest BCUT2D eigenvalue weighted by Crippen LogP contribution is -2.05. The summed E-state index contributed by atoms with van der Waals surface area (Å²) in [5.41, 5.74) is 8.19. The molecule has 2 rings (SSSR count). The number of hydrogen-bond donors (Lipinski definition) is 1. The largest absolute Gasteiger partial charge is 0.489 e. The second-order valence-electron chi connectivity index (χ2n) is 4.32. The minimum atomic E-state index is -0.286. The highest BCUT2D eigenvalue weighted by atomic mass is 35.5. The van der Waals surface area contributed by atoms with Crippen LogP contribution >= 0.6 is 11.6 Å². The van der Waals surface area contributed by atoms with E-state index in [4.69, 9.17) is 22.1 Å². The van der Waals surface area contributed by atoms with Gasteiger partial charge in [0.15, 0.2) is 0 Å². The molecule has 2 aromatic carbocycles. The van der Waals surface area contributed by atoms with E-state index in [0.29, 0.717) is 11.6 Å². The summed E-state index contributed by atoms with van der Waals surface area (Å²) < 4.78 is 18.8. The fourth-order valence-corrected chi connectivity index (χ4v) is 1.91. The van der Waals surface area contributed by atoms with Crippen molar-refractivity contribution in [3.63, 3.8) is 0 Å². The van der Waals surface area contributed by atoms with Gasteiger partial charge >= 0.3 is 0 Å². The zero-order valence-electron chi connectivity index (χ0n) is 10.6. The lowest BCUT2D eigenvalue weighted by Gasteiger charge is -2.11. The molecular weight excluding hydrogens is 265 g/mol. The number of nitrogens with two attached hydrogens (primary N) is 1. The molecule has 4 heteroatoms. The third-order valence-electron chi connectivity index (χ3n) is 2.91. The Kier molecular flexibility index (Phi) is 4.40. The zero-order chi connectivity index (χ0) is 13.8. The van der Waals surface area contributed by atoms with Gasteiger partial charge in [-0.3, -0.25) is 0 Å². The Bertz CT molecular complexity index is 586. The monoisotopic (exact) mass is 279 g/mol. The standard InChI is InChI=1S/C15H15ClFNO/c1-10-6-14(4-5-15(10)16)19-9-11-2-3-13(17)7-12(11)8-18/h2-7H,8-9,18H2,1H3. The van der Waals surface area contributed by atoms with E-state index >= 15 is 0 Å². The normalized spacial score (nSPS) is 10.5. The van der Waals surface area contributed by atoms with Gasteiger partial charge in [-0.15, -0.1) is 0 Å². The fraction of sp³-hybridized carbons (Fsp3) is 0.200. The first-order valence-corrected chi connectivity index (χ1v) is 6.34. The molecule has 19 heavy (non-hydrogen) atoms. The van der Waals surface area contributed by atoms with Gasteiger partial charge in [0, 0.05) is 11.6 Å². The van der Waals surface area contributed by atoms with Crippen LogP contribution in [0.15, 0.2) is 36.4 Å². The van der Waals surface area contributed by atoms with E-state index in [1.54, 1.807) is 18.2 Å². The van der Waals surface area contributed by atoms with Gasteiger partial charge in [-0.2, -0.15) is 0 Å². The highest BCUT2D eigenvalue weighted by Gasteiger charge is 2.05. The molecule has 0 atom stereocenters. The SMILES string of the molecule is Cc1cc(OCc2ccc(F)cc2CN)ccc1Cl. The summed E-state index contributed by atoms with van der Waals surface area (Å²) in [6.07, 6.45) is 0. The van der Waals surface area contributed by atoms with E-state index < -0.39 is 0 Å². The van der Waals surface area contributed by atoms with E-state index in [-0.39, 0.29) is 12.4 Å². The average molecular weight is 280 g/mol. The van der Waals surface area contributed by atoms with Crippen LogP contribution in [0.3, 0.4) is 0 Å². The fourth-order valence-electron chi connectivity index (χ4n) is 1.79. The van der Waals surface area contributed by atoms with Crippen molar-refractivity contribution >= 4 is 11.6 Å². The Morgan fingerprint density at radius 2 is 1.95 bits per heavy atom. The van der Waals surface area contributed by atoms with Gasteiger partial charge in [0.05, 0.1) is 0 Å². The van der Waals surface area contributed by atoms with E-state index in [1.807, 2.05) is 13.0 Å². The van der Waals surface area contributed by atoms with Gasteiger partial charge in [-0.05, 0) is 53.9 Å². The van der Waals surface area contributed by atoms with Crippen molar-refractivity contribution in [2.75, 3.05) is 0 Å². The summed E-state index contributed by atoms with van der Waals surface area (Å²) in [7, 11) is 0. The Balaban J connectivity index is 2.12. The van der Waals surface area contributed by atoms with E-state index in [9.17, 15) is 4.39 Å². The number of hydrogen-bond acceptors (Lipinski definition) is 2. The molecule has 0 unspecified atom stereocenters. The molecule has 0 aliphatic heterocycles. The molecule has 0 heterocycles. The zero-order valence-corrected chi connectivity index (χ0v) is 11.4. The van der Waals surface area contributed by atoms with Crippen molar-refractivity contribution < 1.29 is 9.13 Å². The second kappa shape index (κ2) is 6.04. The summed E-state index contributed by atoms with van der Waals surface area (Å²) in [6.45, 7) is 2.56. The maximum Gasteiger partial charge on any atom is 0.123 e. The van der Waals surface area contributed by atoms with Crippen LogP contribution in [0.4, 0.5) is 4.39 Å². The van der Waals surface area contributed by atoms with Gasteiger partial charge in [0.2, 0.25) is 0 Å². The van der Waals surface area contributed by atoms with Crippen molar-refractivity contribution in [2.24, 2.45) is 5.73 Å². The van der Waals surface area contributed by atoms with Crippen LogP contribution in [-0.4, -0.2) is 0 Å². The molecule has 2 N–H and O–H groups in total. The van der Waals surface area contributed by atoms with Crippen LogP contribution in [0.1, 0.15) is 16.7 Å². The van der Waals surface area contributed by atoms with E-state index in [0.717, 1.165) is 22.4 Å². The summed E-state index contributed by atoms with van der Waals surface area (Å²) in [4.78, 5) is 0. The van der Waals surface area contributed by atoms with Crippen LogP contribution in [0, 0.1) is 12.7 Å². The average Bonchev–Trinajstić information content (AvgIpc) is 2.41. The van der Waals surface area contributed by atoms with Crippen molar-refractivity contribution in [3.05, 3.63) is 63.9 Å². The van der Waals surface area contributed by atoms with Crippen LogP contribution in [-0.2, 0) is 13.2 Å². The molecule has 100 valence electrons. The predicted octanol–water partition coefficient (Wildman–Crippen LogP) is 3.83. The molecule has 0 aliphatic rings. The van der Waals surface area contributed by atoms with Crippen LogP contribution in [0.25, 0.3) is 0 Å². The lowest BCUT2D eigenvalue weighted by atomic mass is 10.1. The van der Waals surface area contributed by atoms with Crippen molar-refractivity contribution in [1.29, 1.82) is 0 Å². The predicted molar refractivity (Wildman–Crippen MR) is 74.8 cm³/mol. The van der Waals surface area contributed by atoms with Crippen molar-refractivity contribution in [3.8, 4) is 5.75 Å². The Morgan fingerprint density at radius 1 is 1.16 bits per heavy atom. The Hall–Kier alpha value is -1.58. The molecule has 0 aromatic heterocycles. The number of aryl methyl sites for hydroxylation is 1. The molecule has 0 radical (unpaired) electrons. The maximum atomic E-state index is 13.1. The highest BCUT2D eigenvalue weighted by molar-refractivity contribution is 6.31. The van der Waals surface area contributed by atoms with Gasteiger partial charge in [-0.25, -0.2) is 4.39 Å². The second-order valence-corrected chi connectivity index (χ2v) is 4.72. The summed E-state index contributed by atoms with van der Waals surface area (Å²) in [6, 6.07) is 10.0. The van der Waals surface area contributed by atoms with Gasteiger partial charge in [-0.1, -0.05) is 17.7 Å². The number of rotatable bonds is 4. The highest BCUT2D eigenvalue weighted by Crippen LogP contribution is 2.22. The first-order chi connectivity index (χ1) is 9.10. The molecule has 0 bridgehead atoms. The van der Waals surface area contributed by atoms with E-state index in [1.165, 1.54) is 12.1 Å². The van der Waals surface area contributed by atoms with Crippen LogP contribution in [0.2, 0.25) is 5.02 Å². The molecule has 0 spiro atoms. The molecular formula is C15H15ClFNO. The van der Waals surface area contributed by atoms with Gasteiger partial charge in [0.25, 0.3) is 0 Å². The summed E-state index contributed by atoms with van der Waals surface area (Å²) in [5.74, 6) is 0.445. The Morgan fingerprint density at radius 3 is 2.63 bits per heavy atom. The molecule has 0 aliphatic carbocycles. The third kappa shape index (κ3) is 3.46. The molecule has 0 amide bonds. The minimum absolute atomic E-state index is 0.286.